The number of rotatable bonds is 4. The van der Waals surface area contributed by atoms with Gasteiger partial charge in [-0.1, -0.05) is 0 Å². The molecule has 4 N–H and O–H groups in total. The fourth-order valence-corrected chi connectivity index (χ4v) is 4.78. The van der Waals surface area contributed by atoms with Gasteiger partial charge in [-0.3, -0.25) is 0 Å². The number of hydrogen-bond acceptors (Lipinski definition) is 8. The van der Waals surface area contributed by atoms with Crippen molar-refractivity contribution in [1.82, 2.24) is 24.9 Å². The van der Waals surface area contributed by atoms with Crippen molar-refractivity contribution in [2.75, 3.05) is 30.4 Å². The summed E-state index contributed by atoms with van der Waals surface area (Å²) in [6.07, 6.45) is -1.47. The predicted molar refractivity (Wildman–Crippen MR) is 120 cm³/mol. The smallest absolute Gasteiger partial charge is 0.416 e. The van der Waals surface area contributed by atoms with Crippen LogP contribution in [0.25, 0.3) is 21.9 Å². The van der Waals surface area contributed by atoms with E-state index in [2.05, 4.69) is 30.2 Å². The maximum Gasteiger partial charge on any atom is 0.416 e. The number of aryl methyl sites for hydroxylation is 1. The van der Waals surface area contributed by atoms with Crippen LogP contribution in [0.15, 0.2) is 24.5 Å². The molecule has 1 aromatic carbocycles. The van der Waals surface area contributed by atoms with Crippen molar-refractivity contribution in [3.05, 3.63) is 35.9 Å². The van der Waals surface area contributed by atoms with E-state index in [1.807, 2.05) is 4.90 Å². The van der Waals surface area contributed by atoms with Crippen LogP contribution in [-0.2, 0) is 6.18 Å². The van der Waals surface area contributed by atoms with Gasteiger partial charge in [0.25, 0.3) is 0 Å². The summed E-state index contributed by atoms with van der Waals surface area (Å²) >= 11 is 0. The van der Waals surface area contributed by atoms with Gasteiger partial charge in [0, 0.05) is 31.6 Å². The number of nitrogens with two attached hydrogens (primary N) is 1. The normalized spacial score (nSPS) is 21.8. The van der Waals surface area contributed by atoms with Gasteiger partial charge in [-0.15, -0.1) is 0 Å². The van der Waals surface area contributed by atoms with Crippen LogP contribution in [0.2, 0.25) is 0 Å². The molecule has 4 aromatic rings. The van der Waals surface area contributed by atoms with Gasteiger partial charge in [0.05, 0.1) is 34.5 Å². The average molecular weight is 470 g/mol. The minimum Gasteiger partial charge on any atom is -0.421 e. The fraction of sp³-hybridized carbons (Fsp3) is 0.364. The van der Waals surface area contributed by atoms with Gasteiger partial charge in [0.2, 0.25) is 0 Å². The number of fused-ring (bicyclic) bond motifs is 4. The zero-order chi connectivity index (χ0) is 23.8. The maximum atomic E-state index is 13.6. The Morgan fingerprint density at radius 2 is 1.85 bits per heavy atom. The number of piperidine rings is 1. The molecule has 34 heavy (non-hydrogen) atoms. The first-order valence-electron chi connectivity index (χ1n) is 10.8. The third-order valence-corrected chi connectivity index (χ3v) is 6.64. The Labute approximate surface area is 191 Å². The quantitative estimate of drug-likeness (QED) is 0.415. The zero-order valence-electron chi connectivity index (χ0n) is 18.3. The molecule has 0 radical (unpaired) electrons. The van der Waals surface area contributed by atoms with Crippen LogP contribution in [0.3, 0.4) is 0 Å². The van der Waals surface area contributed by atoms with Crippen LogP contribution in [0.1, 0.15) is 11.4 Å². The van der Waals surface area contributed by atoms with E-state index in [0.717, 1.165) is 12.1 Å². The highest BCUT2D eigenvalue weighted by molar-refractivity contribution is 6.15. The maximum absolute atomic E-state index is 13.6. The Hall–Kier alpha value is -3.67. The molecule has 0 amide bonds. The lowest BCUT2D eigenvalue weighted by Gasteiger charge is -2.21. The SMILES string of the molecule is CNc1cc(C(F)(F)F)cc2c1[nH]c1nc(Oc3cnc(C)nc3)nc(N3CC4C(N)C4C3)c12. The molecule has 0 bridgehead atoms. The van der Waals surface area contributed by atoms with E-state index < -0.39 is 11.7 Å². The average Bonchev–Trinajstić information content (AvgIpc) is 3.15. The summed E-state index contributed by atoms with van der Waals surface area (Å²) < 4.78 is 46.8. The molecule has 2 fully saturated rings. The van der Waals surface area contributed by atoms with Crippen LogP contribution < -0.4 is 20.7 Å². The summed E-state index contributed by atoms with van der Waals surface area (Å²) in [4.78, 5) is 22.5. The molecule has 3 aromatic heterocycles. The van der Waals surface area contributed by atoms with Gasteiger partial charge in [-0.05, 0) is 30.9 Å². The van der Waals surface area contributed by atoms with Crippen LogP contribution in [-0.4, -0.2) is 51.1 Å². The molecule has 1 aliphatic heterocycles. The van der Waals surface area contributed by atoms with Crippen molar-refractivity contribution in [3.63, 3.8) is 0 Å². The van der Waals surface area contributed by atoms with Crippen LogP contribution in [0.4, 0.5) is 24.7 Å². The Morgan fingerprint density at radius 1 is 1.15 bits per heavy atom. The number of H-pyrrole nitrogens is 1. The van der Waals surface area contributed by atoms with Crippen molar-refractivity contribution in [2.24, 2.45) is 17.6 Å². The largest absolute Gasteiger partial charge is 0.421 e. The number of alkyl halides is 3. The third-order valence-electron chi connectivity index (χ3n) is 6.64. The van der Waals surface area contributed by atoms with Gasteiger partial charge in [-0.25, -0.2) is 9.97 Å². The molecule has 1 saturated carbocycles. The Morgan fingerprint density at radius 3 is 2.50 bits per heavy atom. The molecule has 12 heteroatoms. The van der Waals surface area contributed by atoms with Gasteiger partial charge < -0.3 is 25.7 Å². The molecule has 2 aliphatic rings. The third kappa shape index (κ3) is 3.28. The Kier molecular flexibility index (Phi) is 4.40. The number of aromatic nitrogens is 5. The molecular weight excluding hydrogens is 449 g/mol. The van der Waals surface area contributed by atoms with Crippen molar-refractivity contribution in [1.29, 1.82) is 0 Å². The number of nitrogens with one attached hydrogen (secondary N) is 2. The molecule has 1 saturated heterocycles. The highest BCUT2D eigenvalue weighted by Gasteiger charge is 2.54. The highest BCUT2D eigenvalue weighted by atomic mass is 19.4. The first-order valence-corrected chi connectivity index (χ1v) is 10.8. The Balaban J connectivity index is 1.55. The van der Waals surface area contributed by atoms with Crippen molar-refractivity contribution in [3.8, 4) is 11.8 Å². The van der Waals surface area contributed by atoms with Crippen LogP contribution in [0.5, 0.6) is 11.8 Å². The van der Waals surface area contributed by atoms with E-state index in [0.29, 0.717) is 69.9 Å². The standard InChI is InChI=1S/C22H21F3N8O/c1-9-28-5-11(6-29-9)34-21-31-19-16(20(32-21)33-7-13-14(8-33)17(13)26)12-3-10(22(23,24)25)4-15(27-2)18(12)30-19/h3-6,13-14,17,27H,7-8,26H2,1-2H3,(H,30,31,32). The van der Waals surface area contributed by atoms with Gasteiger partial charge in [0.15, 0.2) is 5.75 Å². The highest BCUT2D eigenvalue weighted by Crippen LogP contribution is 2.47. The topological polar surface area (TPSA) is 118 Å². The summed E-state index contributed by atoms with van der Waals surface area (Å²) in [5.41, 5.74) is 6.56. The predicted octanol–water partition coefficient (Wildman–Crippen LogP) is 3.46. The number of benzene rings is 1. The lowest BCUT2D eigenvalue weighted by atomic mass is 10.1. The minimum atomic E-state index is -4.50. The second-order valence-electron chi connectivity index (χ2n) is 8.75. The fourth-order valence-electron chi connectivity index (χ4n) is 4.78. The van der Waals surface area contributed by atoms with E-state index in [4.69, 9.17) is 10.5 Å². The lowest BCUT2D eigenvalue weighted by molar-refractivity contribution is -0.137. The van der Waals surface area contributed by atoms with E-state index in [9.17, 15) is 13.2 Å². The zero-order valence-corrected chi connectivity index (χ0v) is 18.3. The molecular formula is C22H21F3N8O. The summed E-state index contributed by atoms with van der Waals surface area (Å²) in [5.74, 6) is 2.16. The number of aromatic amines is 1. The van der Waals surface area contributed by atoms with E-state index in [1.54, 1.807) is 14.0 Å². The molecule has 1 aliphatic carbocycles. The minimum absolute atomic E-state index is 0.0495. The summed E-state index contributed by atoms with van der Waals surface area (Å²) in [5, 5.41) is 3.76. The van der Waals surface area contributed by atoms with Crippen LogP contribution in [0, 0.1) is 18.8 Å². The molecule has 9 nitrogen and oxygen atoms in total. The van der Waals surface area contributed by atoms with Crippen molar-refractivity contribution < 1.29 is 17.9 Å². The van der Waals surface area contributed by atoms with Crippen molar-refractivity contribution in [2.45, 2.75) is 19.1 Å². The van der Waals surface area contributed by atoms with Gasteiger partial charge >= 0.3 is 12.2 Å². The van der Waals surface area contributed by atoms with Crippen molar-refractivity contribution >= 4 is 33.4 Å². The van der Waals surface area contributed by atoms with E-state index in [-0.39, 0.29) is 12.1 Å². The summed E-state index contributed by atoms with van der Waals surface area (Å²) in [6, 6.07) is 2.42. The van der Waals surface area contributed by atoms with Gasteiger partial charge in [-0.2, -0.15) is 23.1 Å². The van der Waals surface area contributed by atoms with Gasteiger partial charge in [0.1, 0.15) is 17.3 Å². The van der Waals surface area contributed by atoms with E-state index >= 15 is 0 Å². The van der Waals surface area contributed by atoms with E-state index in [1.165, 1.54) is 12.4 Å². The van der Waals surface area contributed by atoms with Crippen LogP contribution >= 0.6 is 0 Å². The molecule has 6 rings (SSSR count). The molecule has 0 spiro atoms. The molecule has 176 valence electrons. The summed E-state index contributed by atoms with van der Waals surface area (Å²) in [6.45, 7) is 3.11. The molecule has 2 unspecified atom stereocenters. The summed E-state index contributed by atoms with van der Waals surface area (Å²) in [7, 11) is 1.58. The number of anilines is 2. The lowest BCUT2D eigenvalue weighted by Crippen LogP contribution is -2.29. The first-order chi connectivity index (χ1) is 16.2. The number of hydrogen-bond donors (Lipinski definition) is 3. The second kappa shape index (κ2) is 7.16. The molecule has 2 atom stereocenters. The Bertz CT molecular complexity index is 1410. The molecule has 4 heterocycles. The monoisotopic (exact) mass is 470 g/mol. The number of nitrogens with zero attached hydrogens (tertiary/aromatic N) is 5. The second-order valence-corrected chi connectivity index (χ2v) is 8.75. The number of ether oxygens (including phenoxy) is 1. The first kappa shape index (κ1) is 20.9. The number of halogens is 3.